The summed E-state index contributed by atoms with van der Waals surface area (Å²) in [6, 6.07) is 5.35. The Morgan fingerprint density at radius 2 is 1.72 bits per heavy atom. The molecule has 1 aliphatic carbocycles. The zero-order valence-electron chi connectivity index (χ0n) is 9.83. The van der Waals surface area contributed by atoms with Crippen LogP contribution in [0.2, 0.25) is 5.02 Å². The van der Waals surface area contributed by atoms with Gasteiger partial charge in [0.25, 0.3) is 0 Å². The molecule has 1 aromatic heterocycles. The van der Waals surface area contributed by atoms with Crippen LogP contribution in [-0.2, 0) is 0 Å². The van der Waals surface area contributed by atoms with Gasteiger partial charge in [-0.25, -0.2) is 0 Å². The number of halogens is 1. The van der Waals surface area contributed by atoms with Crippen LogP contribution in [-0.4, -0.2) is 11.6 Å². The Hall–Kier alpha value is -1.45. The molecule has 1 aliphatic rings. The molecule has 0 atom stereocenters. The van der Waals surface area contributed by atoms with Gasteiger partial charge in [-0.05, 0) is 26.0 Å². The molecule has 0 unspecified atom stereocenters. The first-order valence-electron chi connectivity index (χ1n) is 5.49. The Kier molecular flexibility index (Phi) is 2.44. The maximum atomic E-state index is 12.3. The maximum Gasteiger partial charge on any atom is 0.199 e. The molecular formula is C14H9ClO2S. The molecular weight excluding hydrogens is 268 g/mol. The predicted molar refractivity (Wildman–Crippen MR) is 73.9 cm³/mol. The fourth-order valence-electron chi connectivity index (χ4n) is 2.15. The summed E-state index contributed by atoms with van der Waals surface area (Å²) in [4.78, 5) is 25.0. The van der Waals surface area contributed by atoms with E-state index in [9.17, 15) is 9.59 Å². The minimum atomic E-state index is -0.0457. The normalized spacial score (nSPS) is 15.5. The minimum Gasteiger partial charge on any atom is -0.289 e. The van der Waals surface area contributed by atoms with Crippen molar-refractivity contribution in [1.29, 1.82) is 0 Å². The zero-order chi connectivity index (χ0) is 13.0. The number of Topliss-reactive ketones (excluding diaryl/α,β-unsaturated/α-hetero) is 2. The molecule has 0 bridgehead atoms. The molecule has 0 spiro atoms. The molecule has 2 aromatic rings. The fraction of sp³-hybridized carbons (Fsp3) is 0.143. The highest BCUT2D eigenvalue weighted by atomic mass is 35.5. The van der Waals surface area contributed by atoms with E-state index in [0.29, 0.717) is 26.6 Å². The quantitative estimate of drug-likeness (QED) is 0.720. The predicted octanol–water partition coefficient (Wildman–Crippen LogP) is 4.27. The van der Waals surface area contributed by atoms with Gasteiger partial charge < -0.3 is 0 Å². The summed E-state index contributed by atoms with van der Waals surface area (Å²) in [5, 5.41) is 1.44. The van der Waals surface area contributed by atoms with E-state index in [1.165, 1.54) is 11.3 Å². The first kappa shape index (κ1) is 11.6. The highest BCUT2D eigenvalue weighted by Crippen LogP contribution is 2.38. The van der Waals surface area contributed by atoms with Gasteiger partial charge in [0.1, 0.15) is 0 Å². The Morgan fingerprint density at radius 3 is 2.44 bits per heavy atom. The Morgan fingerprint density at radius 1 is 1.06 bits per heavy atom. The number of allylic oxidation sites excluding steroid dienone is 2. The highest BCUT2D eigenvalue weighted by Gasteiger charge is 2.31. The van der Waals surface area contributed by atoms with Gasteiger partial charge in [-0.3, -0.25) is 9.59 Å². The number of benzene rings is 1. The molecule has 4 heteroatoms. The fourth-order valence-corrected chi connectivity index (χ4v) is 3.63. The average molecular weight is 277 g/mol. The Balaban J connectivity index is 2.41. The van der Waals surface area contributed by atoms with Crippen molar-refractivity contribution in [3.05, 3.63) is 44.8 Å². The molecule has 0 fully saturated rings. The number of hydrogen-bond acceptors (Lipinski definition) is 3. The summed E-state index contributed by atoms with van der Waals surface area (Å²) in [7, 11) is 0. The maximum absolute atomic E-state index is 12.3. The Labute approximate surface area is 113 Å². The minimum absolute atomic E-state index is 0.0422. The standard InChI is InChI=1S/C14H9ClO2S/c1-6-7(2)13(17)14-11(12(6)16)9-4-3-8(15)5-10(9)18-14/h3-5H,1-2H3. The molecule has 3 rings (SSSR count). The molecule has 0 amide bonds. The molecule has 0 N–H and O–H groups in total. The van der Waals surface area contributed by atoms with Crippen molar-refractivity contribution >= 4 is 44.6 Å². The number of carbonyl (C=O) groups is 2. The van der Waals surface area contributed by atoms with Crippen molar-refractivity contribution in [1.82, 2.24) is 0 Å². The summed E-state index contributed by atoms with van der Waals surface area (Å²) in [5.74, 6) is -0.0879. The SMILES string of the molecule is CC1=C(C)C(=O)c2c(sc3cc(Cl)ccc23)C1=O. The third kappa shape index (κ3) is 1.41. The van der Waals surface area contributed by atoms with Crippen molar-refractivity contribution in [3.8, 4) is 0 Å². The van der Waals surface area contributed by atoms with Gasteiger partial charge >= 0.3 is 0 Å². The van der Waals surface area contributed by atoms with Crippen LogP contribution in [0.5, 0.6) is 0 Å². The van der Waals surface area contributed by atoms with Crippen LogP contribution in [0.1, 0.15) is 33.9 Å². The molecule has 90 valence electrons. The van der Waals surface area contributed by atoms with Crippen LogP contribution < -0.4 is 0 Å². The van der Waals surface area contributed by atoms with E-state index in [4.69, 9.17) is 11.6 Å². The van der Waals surface area contributed by atoms with E-state index in [-0.39, 0.29) is 11.6 Å². The first-order valence-corrected chi connectivity index (χ1v) is 6.69. The van der Waals surface area contributed by atoms with Crippen LogP contribution in [0.3, 0.4) is 0 Å². The first-order chi connectivity index (χ1) is 8.50. The lowest BCUT2D eigenvalue weighted by Gasteiger charge is -2.12. The third-order valence-corrected chi connectivity index (χ3v) is 4.72. The third-order valence-electron chi connectivity index (χ3n) is 3.33. The topological polar surface area (TPSA) is 34.1 Å². The molecule has 2 nitrogen and oxygen atoms in total. The lowest BCUT2D eigenvalue weighted by Crippen LogP contribution is -2.17. The summed E-state index contributed by atoms with van der Waals surface area (Å²) < 4.78 is 0.886. The van der Waals surface area contributed by atoms with Crippen LogP contribution in [0.15, 0.2) is 29.3 Å². The second kappa shape index (κ2) is 3.77. The molecule has 18 heavy (non-hydrogen) atoms. The van der Waals surface area contributed by atoms with Crippen LogP contribution in [0.25, 0.3) is 10.1 Å². The lowest BCUT2D eigenvalue weighted by atomic mass is 9.89. The molecule has 0 aliphatic heterocycles. The van der Waals surface area contributed by atoms with E-state index in [1.807, 2.05) is 6.07 Å². The van der Waals surface area contributed by atoms with Gasteiger partial charge in [-0.15, -0.1) is 11.3 Å². The van der Waals surface area contributed by atoms with Crippen LogP contribution in [0, 0.1) is 0 Å². The molecule has 0 saturated carbocycles. The van der Waals surface area contributed by atoms with Gasteiger partial charge in [0.15, 0.2) is 11.6 Å². The van der Waals surface area contributed by atoms with Crippen molar-refractivity contribution in [2.24, 2.45) is 0 Å². The molecule has 0 radical (unpaired) electrons. The summed E-state index contributed by atoms with van der Waals surface area (Å²) >= 11 is 7.28. The van der Waals surface area contributed by atoms with Crippen LogP contribution >= 0.6 is 22.9 Å². The smallest absolute Gasteiger partial charge is 0.199 e. The van der Waals surface area contributed by atoms with E-state index < -0.39 is 0 Å². The van der Waals surface area contributed by atoms with Gasteiger partial charge in [0, 0.05) is 26.3 Å². The molecule has 1 aromatic carbocycles. The van der Waals surface area contributed by atoms with Crippen molar-refractivity contribution in [2.75, 3.05) is 0 Å². The number of thiophene rings is 1. The molecule has 1 heterocycles. The van der Waals surface area contributed by atoms with Gasteiger partial charge in [0.05, 0.1) is 10.4 Å². The monoisotopic (exact) mass is 276 g/mol. The van der Waals surface area contributed by atoms with E-state index in [0.717, 1.165) is 10.1 Å². The number of rotatable bonds is 0. The number of ketones is 2. The van der Waals surface area contributed by atoms with Crippen molar-refractivity contribution in [3.63, 3.8) is 0 Å². The van der Waals surface area contributed by atoms with E-state index >= 15 is 0 Å². The van der Waals surface area contributed by atoms with Crippen molar-refractivity contribution in [2.45, 2.75) is 13.8 Å². The van der Waals surface area contributed by atoms with E-state index in [1.54, 1.807) is 26.0 Å². The van der Waals surface area contributed by atoms with Crippen molar-refractivity contribution < 1.29 is 9.59 Å². The van der Waals surface area contributed by atoms with Gasteiger partial charge in [0.2, 0.25) is 0 Å². The van der Waals surface area contributed by atoms with Crippen LogP contribution in [0.4, 0.5) is 0 Å². The zero-order valence-corrected chi connectivity index (χ0v) is 11.4. The number of hydrogen-bond donors (Lipinski definition) is 0. The molecule has 0 saturated heterocycles. The number of fused-ring (bicyclic) bond motifs is 3. The summed E-state index contributed by atoms with van der Waals surface area (Å²) in [5.41, 5.74) is 1.63. The highest BCUT2D eigenvalue weighted by molar-refractivity contribution is 7.21. The van der Waals surface area contributed by atoms with E-state index in [2.05, 4.69) is 0 Å². The largest absolute Gasteiger partial charge is 0.289 e. The summed E-state index contributed by atoms with van der Waals surface area (Å²) in [6.07, 6.45) is 0. The second-order valence-electron chi connectivity index (χ2n) is 4.35. The summed E-state index contributed by atoms with van der Waals surface area (Å²) in [6.45, 7) is 3.41. The average Bonchev–Trinajstić information content (AvgIpc) is 2.72. The second-order valence-corrected chi connectivity index (χ2v) is 5.84. The van der Waals surface area contributed by atoms with Gasteiger partial charge in [-0.2, -0.15) is 0 Å². The van der Waals surface area contributed by atoms with Gasteiger partial charge in [-0.1, -0.05) is 17.7 Å². The Bertz CT molecular complexity index is 752. The number of carbonyl (C=O) groups excluding carboxylic acids is 2. The lowest BCUT2D eigenvalue weighted by molar-refractivity contribution is 0.0979.